The summed E-state index contributed by atoms with van der Waals surface area (Å²) < 4.78 is 33.4. The van der Waals surface area contributed by atoms with Crippen LogP contribution in [-0.4, -0.2) is 79.4 Å². The van der Waals surface area contributed by atoms with Gasteiger partial charge in [-0.2, -0.15) is 17.0 Å². The Bertz CT molecular complexity index is 535. The SMILES string of the molecule is O=S(=O)(N1CCOCC1)N1CCN(Cc2nccs2)CC1. The van der Waals surface area contributed by atoms with E-state index in [2.05, 4.69) is 9.88 Å². The zero-order valence-electron chi connectivity index (χ0n) is 11.8. The van der Waals surface area contributed by atoms with Crippen LogP contribution in [0.25, 0.3) is 0 Å². The molecule has 3 heterocycles. The highest BCUT2D eigenvalue weighted by molar-refractivity contribution is 7.86. The molecule has 0 amide bonds. The van der Waals surface area contributed by atoms with Gasteiger partial charge in [-0.3, -0.25) is 4.90 Å². The summed E-state index contributed by atoms with van der Waals surface area (Å²) in [6, 6.07) is 0. The quantitative estimate of drug-likeness (QED) is 0.766. The minimum absolute atomic E-state index is 0.460. The molecule has 1 aromatic heterocycles. The fourth-order valence-electron chi connectivity index (χ4n) is 2.58. The standard InChI is InChI=1S/C12H20N4O3S2/c17-21(18,16-6-8-19-9-7-16)15-4-2-14(3-5-15)11-12-13-1-10-20-12/h1,10H,2-9,11H2. The molecule has 0 radical (unpaired) electrons. The van der Waals surface area contributed by atoms with Crippen molar-refractivity contribution in [2.75, 3.05) is 52.5 Å². The van der Waals surface area contributed by atoms with Gasteiger partial charge in [-0.25, -0.2) is 4.98 Å². The van der Waals surface area contributed by atoms with Crippen molar-refractivity contribution >= 4 is 21.5 Å². The van der Waals surface area contributed by atoms with E-state index in [0.717, 1.165) is 24.6 Å². The van der Waals surface area contributed by atoms with E-state index in [9.17, 15) is 8.42 Å². The van der Waals surface area contributed by atoms with E-state index in [0.29, 0.717) is 39.4 Å². The summed E-state index contributed by atoms with van der Waals surface area (Å²) in [5.41, 5.74) is 0. The van der Waals surface area contributed by atoms with E-state index in [1.165, 1.54) is 4.31 Å². The summed E-state index contributed by atoms with van der Waals surface area (Å²) in [6.07, 6.45) is 1.80. The molecule has 2 fully saturated rings. The van der Waals surface area contributed by atoms with Crippen LogP contribution in [-0.2, 0) is 21.5 Å². The molecule has 118 valence electrons. The maximum absolute atomic E-state index is 12.5. The number of piperazine rings is 1. The van der Waals surface area contributed by atoms with Crippen LogP contribution in [0.5, 0.6) is 0 Å². The van der Waals surface area contributed by atoms with E-state index in [4.69, 9.17) is 4.74 Å². The Balaban J connectivity index is 1.55. The first-order valence-corrected chi connectivity index (χ1v) is 9.37. The third kappa shape index (κ3) is 3.61. The molecule has 0 bridgehead atoms. The van der Waals surface area contributed by atoms with Crippen LogP contribution in [0.4, 0.5) is 0 Å². The monoisotopic (exact) mass is 332 g/mol. The number of thiazole rings is 1. The normalized spacial score (nSPS) is 23.4. The Labute approximate surface area is 129 Å². The van der Waals surface area contributed by atoms with Crippen LogP contribution >= 0.6 is 11.3 Å². The fourth-order valence-corrected chi connectivity index (χ4v) is 4.80. The van der Waals surface area contributed by atoms with Gasteiger partial charge >= 0.3 is 0 Å². The molecule has 21 heavy (non-hydrogen) atoms. The van der Waals surface area contributed by atoms with Crippen LogP contribution in [0, 0.1) is 0 Å². The maximum atomic E-state index is 12.5. The molecular formula is C12H20N4O3S2. The molecule has 0 aliphatic carbocycles. The molecule has 1 aromatic rings. The molecule has 0 aromatic carbocycles. The van der Waals surface area contributed by atoms with Crippen molar-refractivity contribution in [3.8, 4) is 0 Å². The zero-order valence-corrected chi connectivity index (χ0v) is 13.5. The molecule has 0 atom stereocenters. The molecule has 0 spiro atoms. The van der Waals surface area contributed by atoms with Crippen LogP contribution < -0.4 is 0 Å². The summed E-state index contributed by atoms with van der Waals surface area (Å²) in [5, 5.41) is 3.05. The first kappa shape index (κ1) is 15.3. The van der Waals surface area contributed by atoms with Gasteiger partial charge in [0.05, 0.1) is 19.8 Å². The summed E-state index contributed by atoms with van der Waals surface area (Å²) in [4.78, 5) is 6.53. The predicted molar refractivity (Wildman–Crippen MR) is 80.3 cm³/mol. The highest BCUT2D eigenvalue weighted by Gasteiger charge is 2.33. The molecule has 0 saturated carbocycles. The minimum Gasteiger partial charge on any atom is -0.379 e. The Morgan fingerprint density at radius 1 is 1.10 bits per heavy atom. The average Bonchev–Trinajstić information content (AvgIpc) is 3.02. The summed E-state index contributed by atoms with van der Waals surface area (Å²) >= 11 is 1.64. The highest BCUT2D eigenvalue weighted by atomic mass is 32.2. The van der Waals surface area contributed by atoms with Gasteiger partial charge in [-0.1, -0.05) is 0 Å². The third-order valence-corrected chi connectivity index (χ3v) is 6.60. The highest BCUT2D eigenvalue weighted by Crippen LogP contribution is 2.16. The van der Waals surface area contributed by atoms with Gasteiger partial charge in [0.25, 0.3) is 10.2 Å². The minimum atomic E-state index is -3.32. The number of rotatable bonds is 4. The lowest BCUT2D eigenvalue weighted by Gasteiger charge is -2.37. The van der Waals surface area contributed by atoms with Crippen LogP contribution in [0.2, 0.25) is 0 Å². The van der Waals surface area contributed by atoms with Crippen molar-refractivity contribution in [2.24, 2.45) is 0 Å². The maximum Gasteiger partial charge on any atom is 0.282 e. The van der Waals surface area contributed by atoms with Gasteiger partial charge in [0, 0.05) is 50.8 Å². The first-order valence-electron chi connectivity index (χ1n) is 7.10. The Kier molecular flexibility index (Phi) is 4.87. The Morgan fingerprint density at radius 2 is 1.76 bits per heavy atom. The molecule has 3 rings (SSSR count). The van der Waals surface area contributed by atoms with Crippen molar-refractivity contribution < 1.29 is 13.2 Å². The lowest BCUT2D eigenvalue weighted by atomic mass is 10.3. The van der Waals surface area contributed by atoms with E-state index in [1.807, 2.05) is 5.38 Å². The van der Waals surface area contributed by atoms with Crippen LogP contribution in [0.3, 0.4) is 0 Å². The molecule has 2 aliphatic rings. The third-order valence-electron chi connectivity index (χ3n) is 3.80. The Morgan fingerprint density at radius 3 is 2.38 bits per heavy atom. The molecular weight excluding hydrogens is 312 g/mol. The smallest absolute Gasteiger partial charge is 0.282 e. The number of ether oxygens (including phenoxy) is 1. The van der Waals surface area contributed by atoms with Crippen molar-refractivity contribution in [1.82, 2.24) is 18.5 Å². The van der Waals surface area contributed by atoms with Crippen molar-refractivity contribution in [2.45, 2.75) is 6.54 Å². The lowest BCUT2D eigenvalue weighted by molar-refractivity contribution is 0.0684. The van der Waals surface area contributed by atoms with E-state index < -0.39 is 10.2 Å². The van der Waals surface area contributed by atoms with Crippen molar-refractivity contribution in [3.63, 3.8) is 0 Å². The topological polar surface area (TPSA) is 66.0 Å². The summed E-state index contributed by atoms with van der Waals surface area (Å²) in [5.74, 6) is 0. The second-order valence-electron chi connectivity index (χ2n) is 5.12. The average molecular weight is 332 g/mol. The molecule has 7 nitrogen and oxygen atoms in total. The predicted octanol–water partition coefficient (Wildman–Crippen LogP) is -0.162. The number of hydrogen-bond acceptors (Lipinski definition) is 6. The van der Waals surface area contributed by atoms with Gasteiger partial charge in [0.2, 0.25) is 0 Å². The molecule has 2 aliphatic heterocycles. The molecule has 9 heteroatoms. The second-order valence-corrected chi connectivity index (χ2v) is 8.03. The van der Waals surface area contributed by atoms with Crippen molar-refractivity contribution in [3.05, 3.63) is 16.6 Å². The van der Waals surface area contributed by atoms with Gasteiger partial charge in [-0.05, 0) is 0 Å². The fraction of sp³-hybridized carbons (Fsp3) is 0.750. The number of nitrogens with zero attached hydrogens (tertiary/aromatic N) is 4. The van der Waals surface area contributed by atoms with Gasteiger partial charge in [0.1, 0.15) is 5.01 Å². The van der Waals surface area contributed by atoms with E-state index in [1.54, 1.807) is 21.8 Å². The first-order chi connectivity index (χ1) is 10.2. The number of morpholine rings is 1. The Hall–Kier alpha value is -0.580. The van der Waals surface area contributed by atoms with Crippen molar-refractivity contribution in [1.29, 1.82) is 0 Å². The van der Waals surface area contributed by atoms with E-state index in [-0.39, 0.29) is 0 Å². The van der Waals surface area contributed by atoms with E-state index >= 15 is 0 Å². The van der Waals surface area contributed by atoms with Gasteiger partial charge in [-0.15, -0.1) is 11.3 Å². The zero-order chi connectivity index (χ0) is 14.7. The second kappa shape index (κ2) is 6.67. The summed E-state index contributed by atoms with van der Waals surface area (Å²) in [7, 11) is -3.32. The number of aromatic nitrogens is 1. The van der Waals surface area contributed by atoms with Gasteiger partial charge < -0.3 is 4.74 Å². The van der Waals surface area contributed by atoms with Crippen LogP contribution in [0.1, 0.15) is 5.01 Å². The largest absolute Gasteiger partial charge is 0.379 e. The number of hydrogen-bond donors (Lipinski definition) is 0. The lowest BCUT2D eigenvalue weighted by Crippen LogP contribution is -2.54. The van der Waals surface area contributed by atoms with Gasteiger partial charge in [0.15, 0.2) is 0 Å². The summed E-state index contributed by atoms with van der Waals surface area (Å²) in [6.45, 7) is 5.31. The van der Waals surface area contributed by atoms with Crippen LogP contribution in [0.15, 0.2) is 11.6 Å². The molecule has 0 N–H and O–H groups in total. The molecule has 0 unspecified atom stereocenters. The molecule has 2 saturated heterocycles.